The number of nitriles is 1. The van der Waals surface area contributed by atoms with E-state index in [-0.39, 0.29) is 6.03 Å². The largest absolute Gasteiger partial charge is 0.497 e. The van der Waals surface area contributed by atoms with Crippen molar-refractivity contribution < 1.29 is 9.53 Å². The summed E-state index contributed by atoms with van der Waals surface area (Å²) in [5, 5.41) is 12.0. The predicted octanol–water partition coefficient (Wildman–Crippen LogP) is 2.60. The maximum atomic E-state index is 12.4. The van der Waals surface area contributed by atoms with E-state index in [1.165, 1.54) is 0 Å². The number of methoxy groups -OCH3 is 1. The highest BCUT2D eigenvalue weighted by molar-refractivity contribution is 5.74. The van der Waals surface area contributed by atoms with E-state index in [0.717, 1.165) is 30.1 Å². The highest BCUT2D eigenvalue weighted by Crippen LogP contribution is 2.18. The van der Waals surface area contributed by atoms with E-state index >= 15 is 0 Å². The van der Waals surface area contributed by atoms with Crippen LogP contribution in [-0.4, -0.2) is 44.2 Å². The van der Waals surface area contributed by atoms with Crippen LogP contribution < -0.4 is 15.0 Å². The zero-order chi connectivity index (χ0) is 18.4. The van der Waals surface area contributed by atoms with E-state index in [4.69, 9.17) is 10.00 Å². The van der Waals surface area contributed by atoms with Crippen molar-refractivity contribution in [3.8, 4) is 11.8 Å². The van der Waals surface area contributed by atoms with Gasteiger partial charge in [-0.3, -0.25) is 0 Å². The lowest BCUT2D eigenvalue weighted by Gasteiger charge is -2.36. The zero-order valence-corrected chi connectivity index (χ0v) is 14.8. The number of carbonyl (C=O) groups is 1. The molecule has 0 unspecified atom stereocenters. The molecule has 0 spiro atoms. The topological polar surface area (TPSA) is 68.6 Å². The minimum atomic E-state index is -0.0498. The maximum Gasteiger partial charge on any atom is 0.317 e. The Morgan fingerprint density at radius 2 is 1.88 bits per heavy atom. The van der Waals surface area contributed by atoms with Gasteiger partial charge in [0.1, 0.15) is 5.75 Å². The highest BCUT2D eigenvalue weighted by Gasteiger charge is 2.21. The Hall–Kier alpha value is -3.20. The van der Waals surface area contributed by atoms with Crippen molar-refractivity contribution in [2.45, 2.75) is 6.54 Å². The standard InChI is InChI=1S/C20H22N4O2/c1-26-19-7-5-16(6-8-19)15-22-20(25)24-11-9-23(10-12-24)18-4-2-3-17(13-18)14-21/h2-8,13H,9-12,15H2,1H3,(H,22,25). The molecule has 1 aliphatic rings. The number of nitrogens with zero attached hydrogens (tertiary/aromatic N) is 3. The third-order valence-electron chi connectivity index (χ3n) is 4.51. The van der Waals surface area contributed by atoms with Gasteiger partial charge < -0.3 is 19.9 Å². The molecule has 0 saturated carbocycles. The van der Waals surface area contributed by atoms with Crippen LogP contribution in [0.3, 0.4) is 0 Å². The molecule has 6 nitrogen and oxygen atoms in total. The summed E-state index contributed by atoms with van der Waals surface area (Å²) in [4.78, 5) is 16.4. The summed E-state index contributed by atoms with van der Waals surface area (Å²) in [5.41, 5.74) is 2.72. The van der Waals surface area contributed by atoms with Crippen LogP contribution in [0.2, 0.25) is 0 Å². The second-order valence-electron chi connectivity index (χ2n) is 6.14. The van der Waals surface area contributed by atoms with Crippen LogP contribution in [0.15, 0.2) is 48.5 Å². The molecular weight excluding hydrogens is 328 g/mol. The summed E-state index contributed by atoms with van der Waals surface area (Å²) >= 11 is 0. The van der Waals surface area contributed by atoms with Crippen LogP contribution in [0.1, 0.15) is 11.1 Å². The first-order valence-electron chi connectivity index (χ1n) is 8.60. The van der Waals surface area contributed by atoms with Crippen molar-refractivity contribution in [2.75, 3.05) is 38.2 Å². The molecule has 3 rings (SSSR count). The molecule has 2 aromatic carbocycles. The van der Waals surface area contributed by atoms with Crippen LogP contribution in [0.5, 0.6) is 5.75 Å². The smallest absolute Gasteiger partial charge is 0.317 e. The first-order chi connectivity index (χ1) is 12.7. The Labute approximate surface area is 153 Å². The predicted molar refractivity (Wildman–Crippen MR) is 100 cm³/mol. The quantitative estimate of drug-likeness (QED) is 0.920. The summed E-state index contributed by atoms with van der Waals surface area (Å²) in [6.07, 6.45) is 0. The molecular formula is C20H22N4O2. The van der Waals surface area contributed by atoms with E-state index in [9.17, 15) is 4.79 Å². The summed E-state index contributed by atoms with van der Waals surface area (Å²) in [7, 11) is 1.63. The van der Waals surface area contributed by atoms with Crippen LogP contribution >= 0.6 is 0 Å². The molecule has 1 fully saturated rings. The second-order valence-corrected chi connectivity index (χ2v) is 6.14. The Morgan fingerprint density at radius 3 is 2.54 bits per heavy atom. The molecule has 134 valence electrons. The van der Waals surface area contributed by atoms with E-state index in [1.54, 1.807) is 13.2 Å². The summed E-state index contributed by atoms with van der Waals surface area (Å²) in [6, 6.07) is 17.3. The second kappa shape index (κ2) is 8.26. The molecule has 26 heavy (non-hydrogen) atoms. The van der Waals surface area contributed by atoms with E-state index in [1.807, 2.05) is 47.4 Å². The van der Waals surface area contributed by atoms with Crippen molar-refractivity contribution in [1.29, 1.82) is 5.26 Å². The third-order valence-corrected chi connectivity index (χ3v) is 4.51. The monoisotopic (exact) mass is 350 g/mol. The number of amides is 2. The molecule has 1 aliphatic heterocycles. The minimum Gasteiger partial charge on any atom is -0.497 e. The molecule has 2 aromatic rings. The maximum absolute atomic E-state index is 12.4. The fraction of sp³-hybridized carbons (Fsp3) is 0.300. The van der Waals surface area contributed by atoms with Gasteiger partial charge >= 0.3 is 6.03 Å². The van der Waals surface area contributed by atoms with E-state index in [0.29, 0.717) is 25.2 Å². The SMILES string of the molecule is COc1ccc(CNC(=O)N2CCN(c3cccc(C#N)c3)CC2)cc1. The number of nitrogens with one attached hydrogen (secondary N) is 1. The van der Waals surface area contributed by atoms with Gasteiger partial charge in [-0.15, -0.1) is 0 Å². The van der Waals surface area contributed by atoms with Gasteiger partial charge in [0, 0.05) is 38.4 Å². The average Bonchev–Trinajstić information content (AvgIpc) is 2.72. The number of anilines is 1. The Bertz CT molecular complexity index is 790. The molecule has 6 heteroatoms. The summed E-state index contributed by atoms with van der Waals surface area (Å²) in [6.45, 7) is 3.32. The number of benzene rings is 2. The van der Waals surface area contributed by atoms with Crippen molar-refractivity contribution in [2.24, 2.45) is 0 Å². The normalized spacial score (nSPS) is 13.8. The number of piperazine rings is 1. The number of urea groups is 1. The Balaban J connectivity index is 1.49. The molecule has 0 radical (unpaired) electrons. The van der Waals surface area contributed by atoms with Crippen LogP contribution in [0.4, 0.5) is 10.5 Å². The third kappa shape index (κ3) is 4.25. The molecule has 1 heterocycles. The lowest BCUT2D eigenvalue weighted by molar-refractivity contribution is 0.194. The molecule has 2 amide bonds. The molecule has 1 saturated heterocycles. The highest BCUT2D eigenvalue weighted by atomic mass is 16.5. The minimum absolute atomic E-state index is 0.0498. The van der Waals surface area contributed by atoms with Gasteiger partial charge in [0.05, 0.1) is 18.7 Å². The zero-order valence-electron chi connectivity index (χ0n) is 14.8. The molecule has 0 bridgehead atoms. The van der Waals surface area contributed by atoms with Crippen molar-refractivity contribution in [3.63, 3.8) is 0 Å². The molecule has 0 aromatic heterocycles. The van der Waals surface area contributed by atoms with E-state index in [2.05, 4.69) is 16.3 Å². The van der Waals surface area contributed by atoms with Gasteiger partial charge in [-0.2, -0.15) is 5.26 Å². The van der Waals surface area contributed by atoms with Gasteiger partial charge in [-0.05, 0) is 35.9 Å². The summed E-state index contributed by atoms with van der Waals surface area (Å²) < 4.78 is 5.13. The first-order valence-corrected chi connectivity index (χ1v) is 8.60. The summed E-state index contributed by atoms with van der Waals surface area (Å²) in [5.74, 6) is 0.802. The molecule has 1 N–H and O–H groups in total. The van der Waals surface area contributed by atoms with E-state index < -0.39 is 0 Å². The van der Waals surface area contributed by atoms with Crippen molar-refractivity contribution in [3.05, 3.63) is 59.7 Å². The van der Waals surface area contributed by atoms with Gasteiger partial charge in [0.25, 0.3) is 0 Å². The number of carbonyl (C=O) groups excluding carboxylic acids is 1. The lowest BCUT2D eigenvalue weighted by Crippen LogP contribution is -2.51. The number of ether oxygens (including phenoxy) is 1. The van der Waals surface area contributed by atoms with Gasteiger partial charge in [0.2, 0.25) is 0 Å². The van der Waals surface area contributed by atoms with Crippen LogP contribution in [0, 0.1) is 11.3 Å². The Kier molecular flexibility index (Phi) is 5.59. The fourth-order valence-corrected chi connectivity index (χ4v) is 2.97. The van der Waals surface area contributed by atoms with Gasteiger partial charge in [0.15, 0.2) is 0 Å². The fourth-order valence-electron chi connectivity index (χ4n) is 2.97. The van der Waals surface area contributed by atoms with Crippen molar-refractivity contribution in [1.82, 2.24) is 10.2 Å². The van der Waals surface area contributed by atoms with Crippen LogP contribution in [-0.2, 0) is 6.54 Å². The number of hydrogen-bond donors (Lipinski definition) is 1. The van der Waals surface area contributed by atoms with Gasteiger partial charge in [-0.1, -0.05) is 18.2 Å². The number of rotatable bonds is 4. The first kappa shape index (κ1) is 17.6. The lowest BCUT2D eigenvalue weighted by atomic mass is 10.2. The molecule has 0 atom stereocenters. The number of hydrogen-bond acceptors (Lipinski definition) is 4. The Morgan fingerprint density at radius 1 is 1.15 bits per heavy atom. The van der Waals surface area contributed by atoms with Gasteiger partial charge in [-0.25, -0.2) is 4.79 Å². The molecule has 0 aliphatic carbocycles. The van der Waals surface area contributed by atoms with Crippen LogP contribution in [0.25, 0.3) is 0 Å². The average molecular weight is 350 g/mol. The van der Waals surface area contributed by atoms with Crippen molar-refractivity contribution >= 4 is 11.7 Å².